The molecule has 7 nitrogen and oxygen atoms in total. The first kappa shape index (κ1) is 19.1. The van der Waals surface area contributed by atoms with Crippen molar-refractivity contribution in [2.45, 2.75) is 31.8 Å². The van der Waals surface area contributed by atoms with E-state index in [0.717, 1.165) is 25.7 Å². The molecule has 0 bridgehead atoms. The van der Waals surface area contributed by atoms with Crippen LogP contribution in [0.3, 0.4) is 0 Å². The lowest BCUT2D eigenvalue weighted by Gasteiger charge is -2.33. The third-order valence-electron chi connectivity index (χ3n) is 4.61. The van der Waals surface area contributed by atoms with E-state index in [-0.39, 0.29) is 29.9 Å². The average molecular weight is 390 g/mol. The van der Waals surface area contributed by atoms with Crippen LogP contribution in [0.1, 0.15) is 36.0 Å². The molecule has 2 unspecified atom stereocenters. The van der Waals surface area contributed by atoms with Gasteiger partial charge in [0, 0.05) is 0 Å². The summed E-state index contributed by atoms with van der Waals surface area (Å²) in [5.41, 5.74) is 2.89. The highest BCUT2D eigenvalue weighted by Gasteiger charge is 2.36. The largest absolute Gasteiger partial charge is 0.496 e. The number of nitrogens with zero attached hydrogens (tertiary/aromatic N) is 1. The van der Waals surface area contributed by atoms with E-state index in [1.54, 1.807) is 24.3 Å². The van der Waals surface area contributed by atoms with Crippen LogP contribution in [-0.4, -0.2) is 36.5 Å². The third-order valence-corrected chi connectivity index (χ3v) is 4.94. The fraction of sp³-hybridized carbons (Fsp3) is 0.368. The van der Waals surface area contributed by atoms with Crippen LogP contribution >= 0.6 is 11.6 Å². The zero-order valence-corrected chi connectivity index (χ0v) is 15.4. The van der Waals surface area contributed by atoms with Crippen molar-refractivity contribution in [3.63, 3.8) is 0 Å². The molecule has 2 atom stereocenters. The summed E-state index contributed by atoms with van der Waals surface area (Å²) in [4.78, 5) is 36.2. The monoisotopic (exact) mass is 389 g/mol. The van der Waals surface area contributed by atoms with Crippen LogP contribution in [0.25, 0.3) is 0 Å². The summed E-state index contributed by atoms with van der Waals surface area (Å²) in [6.07, 6.45) is 6.43. The van der Waals surface area contributed by atoms with Crippen molar-refractivity contribution in [3.8, 4) is 0 Å². The third kappa shape index (κ3) is 4.74. The van der Waals surface area contributed by atoms with E-state index in [1.807, 2.05) is 0 Å². The molecule has 1 aliphatic heterocycles. The topological polar surface area (TPSA) is 96.9 Å². The van der Waals surface area contributed by atoms with Gasteiger partial charge in [0.05, 0.1) is 41.1 Å². The number of rotatable bonds is 5. The molecule has 2 amide bonds. The lowest BCUT2D eigenvalue weighted by Crippen LogP contribution is -2.37. The molecule has 0 aromatic heterocycles. The molecule has 2 N–H and O–H groups in total. The van der Waals surface area contributed by atoms with Crippen molar-refractivity contribution in [1.82, 2.24) is 10.7 Å². The first-order valence-corrected chi connectivity index (χ1v) is 9.18. The Balaban J connectivity index is 1.47. The van der Waals surface area contributed by atoms with E-state index in [2.05, 4.69) is 15.8 Å². The van der Waals surface area contributed by atoms with Crippen LogP contribution in [0.4, 0.5) is 0 Å². The molecule has 1 aromatic carbocycles. The van der Waals surface area contributed by atoms with Gasteiger partial charge in [0.2, 0.25) is 0 Å². The van der Waals surface area contributed by atoms with Crippen LogP contribution in [0.2, 0.25) is 5.02 Å². The highest BCUT2D eigenvalue weighted by molar-refractivity contribution is 6.33. The molecule has 1 fully saturated rings. The van der Waals surface area contributed by atoms with Gasteiger partial charge in [-0.1, -0.05) is 30.2 Å². The smallest absolute Gasteiger partial charge is 0.259 e. The molecule has 1 aliphatic carbocycles. The maximum absolute atomic E-state index is 12.4. The van der Waals surface area contributed by atoms with Gasteiger partial charge in [-0.05, 0) is 31.4 Å². The van der Waals surface area contributed by atoms with E-state index in [1.165, 1.54) is 12.5 Å². The summed E-state index contributed by atoms with van der Waals surface area (Å²) < 4.78 is 5.61. The predicted octanol–water partition coefficient (Wildman–Crippen LogP) is 2.21. The maximum atomic E-state index is 12.4. The first-order valence-electron chi connectivity index (χ1n) is 8.80. The lowest BCUT2D eigenvalue weighted by atomic mass is 9.80. The van der Waals surface area contributed by atoms with Crippen LogP contribution in [0.5, 0.6) is 0 Å². The number of nitrogens with one attached hydrogen (secondary N) is 2. The fourth-order valence-corrected chi connectivity index (χ4v) is 3.42. The summed E-state index contributed by atoms with van der Waals surface area (Å²) in [6.45, 7) is -0.268. The first-order chi connectivity index (χ1) is 13.1. The Hall–Kier alpha value is -2.67. The minimum Gasteiger partial charge on any atom is -0.496 e. The molecular formula is C19H20ClN3O4. The van der Waals surface area contributed by atoms with Crippen molar-refractivity contribution >= 4 is 35.4 Å². The van der Waals surface area contributed by atoms with Crippen molar-refractivity contribution in [2.24, 2.45) is 11.0 Å². The minimum atomic E-state index is -0.521. The van der Waals surface area contributed by atoms with Gasteiger partial charge < -0.3 is 10.1 Å². The molecule has 8 heteroatoms. The molecule has 3 rings (SSSR count). The molecule has 27 heavy (non-hydrogen) atoms. The summed E-state index contributed by atoms with van der Waals surface area (Å²) in [7, 11) is 0. The average Bonchev–Trinajstić information content (AvgIpc) is 2.68. The minimum absolute atomic E-state index is 0.00373. The Kier molecular flexibility index (Phi) is 6.24. The Morgan fingerprint density at radius 1 is 1.26 bits per heavy atom. The van der Waals surface area contributed by atoms with E-state index in [4.69, 9.17) is 16.3 Å². The zero-order chi connectivity index (χ0) is 19.2. The van der Waals surface area contributed by atoms with E-state index >= 15 is 0 Å². The molecule has 0 radical (unpaired) electrons. The molecule has 2 aliphatic rings. The van der Waals surface area contributed by atoms with Gasteiger partial charge in [-0.2, -0.15) is 5.10 Å². The van der Waals surface area contributed by atoms with Crippen LogP contribution in [0, 0.1) is 5.92 Å². The van der Waals surface area contributed by atoms with E-state index in [9.17, 15) is 14.4 Å². The van der Waals surface area contributed by atoms with Crippen molar-refractivity contribution in [1.29, 1.82) is 0 Å². The number of fused-ring (bicyclic) bond motifs is 1. The second kappa shape index (κ2) is 8.81. The number of hydrogen-bond acceptors (Lipinski definition) is 5. The Morgan fingerprint density at radius 2 is 2.04 bits per heavy atom. The number of Topliss-reactive ketones (excluding diaryl/α,β-unsaturated/α-hetero) is 1. The van der Waals surface area contributed by atoms with Crippen molar-refractivity contribution in [3.05, 3.63) is 46.7 Å². The molecule has 0 saturated heterocycles. The number of allylic oxidation sites excluding steroid dienone is 1. The van der Waals surface area contributed by atoms with E-state index < -0.39 is 11.8 Å². The number of carbonyl (C=O) groups is 3. The summed E-state index contributed by atoms with van der Waals surface area (Å²) in [6, 6.07) is 6.54. The zero-order valence-electron chi connectivity index (χ0n) is 14.6. The number of ether oxygens (including phenoxy) is 1. The number of amides is 2. The molecule has 1 aromatic rings. The van der Waals surface area contributed by atoms with Gasteiger partial charge in [0.25, 0.3) is 11.8 Å². The standard InChI is InChI=1S/C19H20ClN3O4/c20-15-7-3-1-5-13(15)19(26)21-10-17(24)23-22-9-12-11-27-16-8-4-2-6-14(16)18(12)25/h1,3,5,7,9,11,14,16H,2,4,6,8,10H2,(H,21,26)(H,23,24)/b22-9+. The second-order valence-electron chi connectivity index (χ2n) is 6.46. The molecule has 142 valence electrons. The highest BCUT2D eigenvalue weighted by Crippen LogP contribution is 2.32. The Bertz CT molecular complexity index is 806. The lowest BCUT2D eigenvalue weighted by molar-refractivity contribution is -0.126. The molecular weight excluding hydrogens is 370 g/mol. The Labute approximate surface area is 161 Å². The highest BCUT2D eigenvalue weighted by atomic mass is 35.5. The van der Waals surface area contributed by atoms with Crippen molar-refractivity contribution in [2.75, 3.05) is 6.54 Å². The van der Waals surface area contributed by atoms with Gasteiger partial charge >= 0.3 is 0 Å². The number of halogens is 1. The quantitative estimate of drug-likeness (QED) is 0.596. The number of hydrogen-bond donors (Lipinski definition) is 2. The van der Waals surface area contributed by atoms with Gasteiger partial charge in [-0.3, -0.25) is 14.4 Å². The molecule has 1 saturated carbocycles. The summed E-state index contributed by atoms with van der Waals surface area (Å²) in [5, 5.41) is 6.54. The van der Waals surface area contributed by atoms with Crippen LogP contribution in [-0.2, 0) is 14.3 Å². The van der Waals surface area contributed by atoms with Gasteiger partial charge in [-0.15, -0.1) is 0 Å². The van der Waals surface area contributed by atoms with Gasteiger partial charge in [0.15, 0.2) is 5.78 Å². The van der Waals surface area contributed by atoms with Crippen molar-refractivity contribution < 1.29 is 19.1 Å². The fourth-order valence-electron chi connectivity index (χ4n) is 3.20. The number of carbonyl (C=O) groups excluding carboxylic acids is 3. The molecule has 0 spiro atoms. The van der Waals surface area contributed by atoms with Crippen LogP contribution < -0.4 is 10.7 Å². The number of hydrazone groups is 1. The maximum Gasteiger partial charge on any atom is 0.259 e. The number of benzene rings is 1. The second-order valence-corrected chi connectivity index (χ2v) is 6.87. The Morgan fingerprint density at radius 3 is 2.85 bits per heavy atom. The SMILES string of the molecule is O=C(CNC(=O)c1ccccc1Cl)N/N=C/C1=COC2CCCCC2C1=O. The normalized spacial score (nSPS) is 21.8. The van der Waals surface area contributed by atoms with Crippen LogP contribution in [0.15, 0.2) is 41.2 Å². The predicted molar refractivity (Wildman–Crippen MR) is 100 cm³/mol. The molecule has 1 heterocycles. The van der Waals surface area contributed by atoms with Gasteiger partial charge in [0.1, 0.15) is 6.10 Å². The summed E-state index contributed by atoms with van der Waals surface area (Å²) >= 11 is 5.93. The van der Waals surface area contributed by atoms with E-state index in [0.29, 0.717) is 10.6 Å². The van der Waals surface area contributed by atoms with Gasteiger partial charge in [-0.25, -0.2) is 5.43 Å². The number of ketones is 1. The summed E-state index contributed by atoms with van der Waals surface area (Å²) in [5.74, 6) is -1.11.